The van der Waals surface area contributed by atoms with Crippen LogP contribution in [0.5, 0.6) is 5.75 Å². The van der Waals surface area contributed by atoms with Gasteiger partial charge in [0, 0.05) is 11.8 Å². The smallest absolute Gasteiger partial charge is 0.394 e. The summed E-state index contributed by atoms with van der Waals surface area (Å²) in [4.78, 5) is 21.1. The van der Waals surface area contributed by atoms with Crippen LogP contribution in [-0.2, 0) is 9.59 Å². The van der Waals surface area contributed by atoms with Gasteiger partial charge in [-0.25, -0.2) is 9.18 Å². The fourth-order valence-electron chi connectivity index (χ4n) is 1.11. The topological polar surface area (TPSA) is 75.6 Å². The van der Waals surface area contributed by atoms with Crippen molar-refractivity contribution < 1.29 is 23.8 Å². The zero-order valence-corrected chi connectivity index (χ0v) is 9.36. The highest BCUT2D eigenvalue weighted by molar-refractivity contribution is 6.36. The van der Waals surface area contributed by atoms with Gasteiger partial charge in [0.2, 0.25) is 0 Å². The summed E-state index contributed by atoms with van der Waals surface area (Å²) in [5.74, 6) is -3.47. The lowest BCUT2D eigenvalue weighted by molar-refractivity contribution is -0.147. The number of rotatable bonds is 3. The van der Waals surface area contributed by atoms with Gasteiger partial charge in [0.25, 0.3) is 0 Å². The lowest BCUT2D eigenvalue weighted by Crippen LogP contribution is -2.21. The van der Waals surface area contributed by atoms with Crippen molar-refractivity contribution in [1.82, 2.24) is 0 Å². The van der Waals surface area contributed by atoms with Crippen LogP contribution in [0.25, 0.3) is 0 Å². The molecule has 0 aliphatic rings. The van der Waals surface area contributed by atoms with Gasteiger partial charge in [0.1, 0.15) is 0 Å². The van der Waals surface area contributed by atoms with Gasteiger partial charge in [-0.05, 0) is 26.0 Å². The Hall–Kier alpha value is -2.11. The molecule has 0 bridgehead atoms. The molecule has 1 amide bonds. The number of carbonyl (C=O) groups excluding carboxylic acids is 1. The third-order valence-corrected chi connectivity index (χ3v) is 1.75. The van der Waals surface area contributed by atoms with Crippen LogP contribution < -0.4 is 10.1 Å². The minimum absolute atomic E-state index is 0.0494. The van der Waals surface area contributed by atoms with Crippen LogP contribution in [0.1, 0.15) is 13.8 Å². The molecule has 92 valence electrons. The number of aliphatic carboxylic acids is 1. The molecule has 17 heavy (non-hydrogen) atoms. The molecule has 1 aromatic rings. The fraction of sp³-hybridized carbons (Fsp3) is 0.273. The summed E-state index contributed by atoms with van der Waals surface area (Å²) in [7, 11) is 0. The van der Waals surface area contributed by atoms with Crippen molar-refractivity contribution in [3.63, 3.8) is 0 Å². The Bertz CT molecular complexity index is 445. The van der Waals surface area contributed by atoms with Gasteiger partial charge in [-0.3, -0.25) is 4.79 Å². The molecule has 0 aromatic heterocycles. The van der Waals surface area contributed by atoms with Crippen LogP contribution in [0, 0.1) is 5.82 Å². The van der Waals surface area contributed by atoms with Gasteiger partial charge in [-0.1, -0.05) is 0 Å². The minimum Gasteiger partial charge on any atom is -0.488 e. The number of carbonyl (C=O) groups is 2. The fourth-order valence-corrected chi connectivity index (χ4v) is 1.11. The van der Waals surface area contributed by atoms with Crippen molar-refractivity contribution in [1.29, 1.82) is 0 Å². The number of hydrogen-bond donors (Lipinski definition) is 2. The SMILES string of the molecule is CC(C)Oc1ccc(NC(=O)C(=O)O)cc1F. The van der Waals surface area contributed by atoms with Gasteiger partial charge >= 0.3 is 11.9 Å². The van der Waals surface area contributed by atoms with E-state index in [1.54, 1.807) is 13.8 Å². The number of amides is 1. The van der Waals surface area contributed by atoms with Crippen molar-refractivity contribution in [2.45, 2.75) is 20.0 Å². The predicted molar refractivity (Wildman–Crippen MR) is 58.4 cm³/mol. The van der Waals surface area contributed by atoms with E-state index in [2.05, 4.69) is 0 Å². The van der Waals surface area contributed by atoms with Crippen LogP contribution in [0.2, 0.25) is 0 Å². The molecule has 1 rings (SSSR count). The summed E-state index contributed by atoms with van der Waals surface area (Å²) in [6.45, 7) is 3.50. The summed E-state index contributed by atoms with van der Waals surface area (Å²) < 4.78 is 18.6. The van der Waals surface area contributed by atoms with E-state index in [9.17, 15) is 14.0 Å². The molecule has 0 fully saturated rings. The third kappa shape index (κ3) is 3.75. The monoisotopic (exact) mass is 241 g/mol. The Morgan fingerprint density at radius 3 is 2.53 bits per heavy atom. The average Bonchev–Trinajstić information content (AvgIpc) is 2.21. The summed E-state index contributed by atoms with van der Waals surface area (Å²) in [6, 6.07) is 3.69. The number of carboxylic acids is 1. The van der Waals surface area contributed by atoms with E-state index in [4.69, 9.17) is 9.84 Å². The summed E-state index contributed by atoms with van der Waals surface area (Å²) in [6.07, 6.45) is -0.177. The Morgan fingerprint density at radius 2 is 2.06 bits per heavy atom. The molecular weight excluding hydrogens is 229 g/mol. The Kier molecular flexibility index (Phi) is 4.03. The summed E-state index contributed by atoms with van der Waals surface area (Å²) >= 11 is 0. The highest BCUT2D eigenvalue weighted by atomic mass is 19.1. The molecule has 1 aromatic carbocycles. The summed E-state index contributed by atoms with van der Waals surface area (Å²) in [5.41, 5.74) is 0.0611. The highest BCUT2D eigenvalue weighted by Crippen LogP contribution is 2.22. The van der Waals surface area contributed by atoms with Crippen molar-refractivity contribution >= 4 is 17.6 Å². The maximum atomic E-state index is 13.4. The zero-order chi connectivity index (χ0) is 13.0. The second kappa shape index (κ2) is 5.29. The minimum atomic E-state index is -1.63. The van der Waals surface area contributed by atoms with Gasteiger partial charge in [0.05, 0.1) is 6.10 Å². The van der Waals surface area contributed by atoms with Crippen LogP contribution in [0.4, 0.5) is 10.1 Å². The van der Waals surface area contributed by atoms with E-state index in [1.165, 1.54) is 12.1 Å². The Morgan fingerprint density at radius 1 is 1.41 bits per heavy atom. The van der Waals surface area contributed by atoms with E-state index in [1.807, 2.05) is 5.32 Å². The molecule has 0 saturated heterocycles. The number of carboxylic acid groups (broad SMARTS) is 1. The molecule has 0 saturated carbocycles. The van der Waals surface area contributed by atoms with E-state index < -0.39 is 17.7 Å². The van der Waals surface area contributed by atoms with Crippen molar-refractivity contribution in [2.24, 2.45) is 0 Å². The maximum Gasteiger partial charge on any atom is 0.394 e. The average molecular weight is 241 g/mol. The maximum absolute atomic E-state index is 13.4. The molecule has 0 heterocycles. The van der Waals surface area contributed by atoms with Gasteiger partial charge in [-0.15, -0.1) is 0 Å². The van der Waals surface area contributed by atoms with Gasteiger partial charge in [0.15, 0.2) is 11.6 Å². The molecule has 0 aliphatic carbocycles. The predicted octanol–water partition coefficient (Wildman–Crippen LogP) is 1.64. The lowest BCUT2D eigenvalue weighted by atomic mass is 10.3. The van der Waals surface area contributed by atoms with E-state index in [-0.39, 0.29) is 17.5 Å². The molecule has 6 heteroatoms. The number of benzene rings is 1. The molecule has 0 unspecified atom stereocenters. The largest absolute Gasteiger partial charge is 0.488 e. The number of nitrogens with one attached hydrogen (secondary N) is 1. The zero-order valence-electron chi connectivity index (χ0n) is 9.36. The van der Waals surface area contributed by atoms with Gasteiger partial charge in [-0.2, -0.15) is 0 Å². The van der Waals surface area contributed by atoms with Crippen LogP contribution in [0.3, 0.4) is 0 Å². The molecule has 0 radical (unpaired) electrons. The first-order chi connectivity index (χ1) is 7.90. The second-order valence-corrected chi connectivity index (χ2v) is 3.57. The van der Waals surface area contributed by atoms with Crippen molar-refractivity contribution in [2.75, 3.05) is 5.32 Å². The molecule has 0 aliphatic heterocycles. The first kappa shape index (κ1) is 13.0. The number of halogens is 1. The molecule has 0 spiro atoms. The van der Waals surface area contributed by atoms with E-state index in [0.29, 0.717) is 0 Å². The second-order valence-electron chi connectivity index (χ2n) is 3.57. The normalized spacial score (nSPS) is 10.1. The lowest BCUT2D eigenvalue weighted by Gasteiger charge is -2.11. The van der Waals surface area contributed by atoms with Crippen LogP contribution in [-0.4, -0.2) is 23.1 Å². The Balaban J connectivity index is 2.82. The van der Waals surface area contributed by atoms with Crippen LogP contribution in [0.15, 0.2) is 18.2 Å². The van der Waals surface area contributed by atoms with E-state index in [0.717, 1.165) is 6.07 Å². The first-order valence-corrected chi connectivity index (χ1v) is 4.90. The van der Waals surface area contributed by atoms with E-state index >= 15 is 0 Å². The standard InChI is InChI=1S/C11H12FNO4/c1-6(2)17-9-4-3-7(5-8(9)12)13-10(14)11(15)16/h3-6H,1-2H3,(H,13,14)(H,15,16). The quantitative estimate of drug-likeness (QED) is 0.789. The molecular formula is C11H12FNO4. The number of hydrogen-bond acceptors (Lipinski definition) is 3. The van der Waals surface area contributed by atoms with Crippen LogP contribution >= 0.6 is 0 Å². The van der Waals surface area contributed by atoms with Crippen molar-refractivity contribution in [3.05, 3.63) is 24.0 Å². The van der Waals surface area contributed by atoms with Crippen molar-refractivity contribution in [3.8, 4) is 5.75 Å². The molecule has 2 N–H and O–H groups in total. The summed E-state index contributed by atoms with van der Waals surface area (Å²) in [5, 5.41) is 10.4. The Labute approximate surface area is 97.2 Å². The third-order valence-electron chi connectivity index (χ3n) is 1.75. The number of anilines is 1. The van der Waals surface area contributed by atoms with Gasteiger partial charge < -0.3 is 15.2 Å². The highest BCUT2D eigenvalue weighted by Gasteiger charge is 2.13. The molecule has 5 nitrogen and oxygen atoms in total. The number of ether oxygens (including phenoxy) is 1. The molecule has 0 atom stereocenters. The first-order valence-electron chi connectivity index (χ1n) is 4.90.